The maximum atomic E-state index is 11.9. The molecule has 6 nitrogen and oxygen atoms in total. The zero-order valence-corrected chi connectivity index (χ0v) is 12.9. The molecule has 0 fully saturated rings. The molecule has 8 heteroatoms. The molecule has 2 rings (SSSR count). The SMILES string of the molecule is CN(Cc1ncn[nH]1)C(=O)CCOc1ccc(Cl)c(Cl)c1. The number of amides is 1. The van der Waals surface area contributed by atoms with E-state index in [1.54, 1.807) is 30.1 Å². The van der Waals surface area contributed by atoms with Gasteiger partial charge in [-0.1, -0.05) is 23.2 Å². The molecule has 1 aromatic carbocycles. The number of carbonyl (C=O) groups excluding carboxylic acids is 1. The number of aromatic amines is 1. The van der Waals surface area contributed by atoms with Crippen molar-refractivity contribution in [2.75, 3.05) is 13.7 Å². The standard InChI is InChI=1S/C13H14Cl2N4O2/c1-19(7-12-16-8-17-18-12)13(20)4-5-21-9-2-3-10(14)11(15)6-9/h2-3,6,8H,4-5,7H2,1H3,(H,16,17,18). The van der Waals surface area contributed by atoms with Gasteiger partial charge in [0, 0.05) is 13.1 Å². The summed E-state index contributed by atoms with van der Waals surface area (Å²) in [6, 6.07) is 4.97. The highest BCUT2D eigenvalue weighted by molar-refractivity contribution is 6.42. The normalized spacial score (nSPS) is 10.4. The van der Waals surface area contributed by atoms with E-state index in [1.807, 2.05) is 0 Å². The molecule has 0 aliphatic rings. The van der Waals surface area contributed by atoms with Crippen molar-refractivity contribution >= 4 is 29.1 Å². The Bertz CT molecular complexity index is 604. The first-order chi connectivity index (χ1) is 10.1. The molecule has 0 saturated heterocycles. The van der Waals surface area contributed by atoms with E-state index in [0.29, 0.717) is 28.2 Å². The summed E-state index contributed by atoms with van der Waals surface area (Å²) in [7, 11) is 1.70. The Morgan fingerprint density at radius 3 is 2.86 bits per heavy atom. The number of aromatic nitrogens is 3. The van der Waals surface area contributed by atoms with Crippen LogP contribution in [-0.4, -0.2) is 39.6 Å². The summed E-state index contributed by atoms with van der Waals surface area (Å²) in [5.41, 5.74) is 0. The zero-order valence-electron chi connectivity index (χ0n) is 11.3. The largest absolute Gasteiger partial charge is 0.493 e. The van der Waals surface area contributed by atoms with E-state index in [9.17, 15) is 4.79 Å². The molecular weight excluding hydrogens is 315 g/mol. The Balaban J connectivity index is 1.77. The summed E-state index contributed by atoms with van der Waals surface area (Å²) >= 11 is 11.7. The van der Waals surface area contributed by atoms with Crippen LogP contribution in [-0.2, 0) is 11.3 Å². The van der Waals surface area contributed by atoms with Crippen molar-refractivity contribution in [3.05, 3.63) is 40.4 Å². The molecular formula is C13H14Cl2N4O2. The first kappa shape index (κ1) is 15.6. The maximum Gasteiger partial charge on any atom is 0.226 e. The highest BCUT2D eigenvalue weighted by Gasteiger charge is 2.11. The lowest BCUT2D eigenvalue weighted by Gasteiger charge is -2.15. The molecule has 0 bridgehead atoms. The molecule has 0 atom stereocenters. The molecule has 0 aliphatic heterocycles. The minimum atomic E-state index is -0.0496. The van der Waals surface area contributed by atoms with Crippen molar-refractivity contribution in [3.63, 3.8) is 0 Å². The first-order valence-corrected chi connectivity index (χ1v) is 6.98. The van der Waals surface area contributed by atoms with Gasteiger partial charge in [0.1, 0.15) is 17.9 Å². The predicted octanol–water partition coefficient (Wildman–Crippen LogP) is 2.54. The van der Waals surface area contributed by atoms with Gasteiger partial charge in [-0.3, -0.25) is 9.89 Å². The quantitative estimate of drug-likeness (QED) is 0.884. The molecule has 0 unspecified atom stereocenters. The minimum absolute atomic E-state index is 0.0496. The van der Waals surface area contributed by atoms with Crippen LogP contribution in [0.2, 0.25) is 10.0 Å². The highest BCUT2D eigenvalue weighted by atomic mass is 35.5. The van der Waals surface area contributed by atoms with E-state index in [1.165, 1.54) is 6.33 Å². The predicted molar refractivity (Wildman–Crippen MR) is 79.4 cm³/mol. The summed E-state index contributed by atoms with van der Waals surface area (Å²) in [4.78, 5) is 17.4. The van der Waals surface area contributed by atoms with Crippen molar-refractivity contribution < 1.29 is 9.53 Å². The fourth-order valence-electron chi connectivity index (χ4n) is 1.63. The molecule has 0 spiro atoms. The van der Waals surface area contributed by atoms with Gasteiger partial charge < -0.3 is 9.64 Å². The Morgan fingerprint density at radius 1 is 1.38 bits per heavy atom. The van der Waals surface area contributed by atoms with Crippen LogP contribution >= 0.6 is 23.2 Å². The van der Waals surface area contributed by atoms with E-state index < -0.39 is 0 Å². The fourth-order valence-corrected chi connectivity index (χ4v) is 1.92. The Labute approximate surface area is 132 Å². The smallest absolute Gasteiger partial charge is 0.226 e. The van der Waals surface area contributed by atoms with Crippen molar-refractivity contribution in [3.8, 4) is 5.75 Å². The van der Waals surface area contributed by atoms with Gasteiger partial charge in [0.05, 0.1) is 29.6 Å². The van der Waals surface area contributed by atoms with Gasteiger partial charge in [0.25, 0.3) is 0 Å². The van der Waals surface area contributed by atoms with Gasteiger partial charge in [-0.25, -0.2) is 4.98 Å². The zero-order chi connectivity index (χ0) is 15.2. The van der Waals surface area contributed by atoms with Crippen molar-refractivity contribution in [1.82, 2.24) is 20.1 Å². The molecule has 112 valence electrons. The number of nitrogens with zero attached hydrogens (tertiary/aromatic N) is 3. The van der Waals surface area contributed by atoms with Gasteiger partial charge in [-0.05, 0) is 12.1 Å². The molecule has 1 aromatic heterocycles. The lowest BCUT2D eigenvalue weighted by Crippen LogP contribution is -2.28. The lowest BCUT2D eigenvalue weighted by molar-refractivity contribution is -0.131. The van der Waals surface area contributed by atoms with Crippen LogP contribution in [0, 0.1) is 0 Å². The topological polar surface area (TPSA) is 71.1 Å². The second-order valence-electron chi connectivity index (χ2n) is 4.36. The van der Waals surface area contributed by atoms with E-state index in [0.717, 1.165) is 0 Å². The van der Waals surface area contributed by atoms with Gasteiger partial charge >= 0.3 is 0 Å². The second kappa shape index (κ2) is 7.28. The van der Waals surface area contributed by atoms with Crippen LogP contribution in [0.1, 0.15) is 12.2 Å². The molecule has 2 aromatic rings. The summed E-state index contributed by atoms with van der Waals surface area (Å²) < 4.78 is 5.47. The third-order valence-electron chi connectivity index (χ3n) is 2.75. The number of rotatable bonds is 6. The highest BCUT2D eigenvalue weighted by Crippen LogP contribution is 2.26. The van der Waals surface area contributed by atoms with E-state index in [2.05, 4.69) is 15.2 Å². The fraction of sp³-hybridized carbons (Fsp3) is 0.308. The minimum Gasteiger partial charge on any atom is -0.493 e. The first-order valence-electron chi connectivity index (χ1n) is 6.22. The van der Waals surface area contributed by atoms with Gasteiger partial charge in [0.15, 0.2) is 0 Å². The summed E-state index contributed by atoms with van der Waals surface area (Å²) in [6.07, 6.45) is 1.66. The average Bonchev–Trinajstić information content (AvgIpc) is 2.95. The number of hydrogen-bond donors (Lipinski definition) is 1. The summed E-state index contributed by atoms with van der Waals surface area (Å²) in [5, 5.41) is 7.32. The molecule has 1 heterocycles. The summed E-state index contributed by atoms with van der Waals surface area (Å²) in [5.74, 6) is 1.16. The van der Waals surface area contributed by atoms with Crippen LogP contribution in [0.3, 0.4) is 0 Å². The Morgan fingerprint density at radius 2 is 2.19 bits per heavy atom. The number of nitrogens with one attached hydrogen (secondary N) is 1. The molecule has 1 N–H and O–H groups in total. The number of hydrogen-bond acceptors (Lipinski definition) is 4. The van der Waals surface area contributed by atoms with Gasteiger partial charge in [-0.15, -0.1) is 0 Å². The molecule has 0 radical (unpaired) electrons. The number of ether oxygens (including phenoxy) is 1. The van der Waals surface area contributed by atoms with Gasteiger partial charge in [0.2, 0.25) is 5.91 Å². The third kappa shape index (κ3) is 4.61. The monoisotopic (exact) mass is 328 g/mol. The van der Waals surface area contributed by atoms with E-state index >= 15 is 0 Å². The van der Waals surface area contributed by atoms with Crippen LogP contribution in [0.15, 0.2) is 24.5 Å². The second-order valence-corrected chi connectivity index (χ2v) is 5.17. The number of benzene rings is 1. The Kier molecular flexibility index (Phi) is 5.41. The number of H-pyrrole nitrogens is 1. The Hall–Kier alpha value is -1.79. The van der Waals surface area contributed by atoms with Gasteiger partial charge in [-0.2, -0.15) is 5.10 Å². The number of halogens is 2. The van der Waals surface area contributed by atoms with E-state index in [-0.39, 0.29) is 18.9 Å². The van der Waals surface area contributed by atoms with Crippen LogP contribution < -0.4 is 4.74 Å². The maximum absolute atomic E-state index is 11.9. The van der Waals surface area contributed by atoms with Crippen LogP contribution in [0.25, 0.3) is 0 Å². The number of carbonyl (C=O) groups is 1. The molecule has 0 saturated carbocycles. The van der Waals surface area contributed by atoms with E-state index in [4.69, 9.17) is 27.9 Å². The van der Waals surface area contributed by atoms with Crippen LogP contribution in [0.4, 0.5) is 0 Å². The van der Waals surface area contributed by atoms with Crippen LogP contribution in [0.5, 0.6) is 5.75 Å². The lowest BCUT2D eigenvalue weighted by atomic mass is 10.3. The molecule has 1 amide bonds. The van der Waals surface area contributed by atoms with Crippen molar-refractivity contribution in [2.45, 2.75) is 13.0 Å². The van der Waals surface area contributed by atoms with Crippen molar-refractivity contribution in [1.29, 1.82) is 0 Å². The molecule has 21 heavy (non-hydrogen) atoms. The molecule has 0 aliphatic carbocycles. The average molecular weight is 329 g/mol. The third-order valence-corrected chi connectivity index (χ3v) is 3.49. The summed E-state index contributed by atoms with van der Waals surface area (Å²) in [6.45, 7) is 0.642. The van der Waals surface area contributed by atoms with Crippen molar-refractivity contribution in [2.24, 2.45) is 0 Å².